The molecule has 2 aliphatic heterocycles. The van der Waals surface area contributed by atoms with Crippen molar-refractivity contribution in [3.05, 3.63) is 54.1 Å². The summed E-state index contributed by atoms with van der Waals surface area (Å²) in [5.41, 5.74) is 2.12. The summed E-state index contributed by atoms with van der Waals surface area (Å²) in [7, 11) is 1.42. The van der Waals surface area contributed by atoms with E-state index < -0.39 is 0 Å². The molecule has 0 amide bonds. The van der Waals surface area contributed by atoms with Crippen molar-refractivity contribution in [1.82, 2.24) is 19.8 Å². The first-order valence-electron chi connectivity index (χ1n) is 10.5. The molecule has 2 aromatic rings. The number of nitrogens with one attached hydrogen (secondary N) is 1. The van der Waals surface area contributed by atoms with Gasteiger partial charge in [-0.05, 0) is 55.7 Å². The van der Waals surface area contributed by atoms with E-state index in [0.29, 0.717) is 24.5 Å². The van der Waals surface area contributed by atoms with Crippen LogP contribution in [-0.4, -0.2) is 51.9 Å². The zero-order valence-corrected chi connectivity index (χ0v) is 18.0. The van der Waals surface area contributed by atoms with Gasteiger partial charge < -0.3 is 24.3 Å². The Bertz CT molecular complexity index is 866. The van der Waals surface area contributed by atoms with E-state index in [1.165, 1.54) is 12.8 Å². The number of carbonyl (C=O) groups is 1. The van der Waals surface area contributed by atoms with Gasteiger partial charge in [-0.1, -0.05) is 6.07 Å². The second-order valence-electron chi connectivity index (χ2n) is 7.72. The molecule has 0 unspecified atom stereocenters. The number of esters is 1. The first kappa shape index (κ1) is 20.8. The van der Waals surface area contributed by atoms with Gasteiger partial charge in [0.05, 0.1) is 31.0 Å². The number of carbonyl (C=O) groups excluding carboxylic acids is 1. The molecule has 4 rings (SSSR count). The van der Waals surface area contributed by atoms with Crippen molar-refractivity contribution in [1.29, 1.82) is 0 Å². The summed E-state index contributed by atoms with van der Waals surface area (Å²) in [6, 6.07) is 10.1. The van der Waals surface area contributed by atoms with Crippen molar-refractivity contribution in [2.75, 3.05) is 20.3 Å². The van der Waals surface area contributed by atoms with Crippen LogP contribution in [-0.2, 0) is 20.8 Å². The minimum atomic E-state index is -0.201. The Kier molecular flexibility index (Phi) is 6.64. The molecule has 1 N–H and O–H groups in total. The summed E-state index contributed by atoms with van der Waals surface area (Å²) in [5.74, 6) is -0.201. The molecule has 160 valence electrons. The van der Waals surface area contributed by atoms with E-state index in [1.807, 2.05) is 24.4 Å². The van der Waals surface area contributed by atoms with E-state index in [1.54, 1.807) is 0 Å². The third-order valence-corrected chi connectivity index (χ3v) is 6.15. The fourth-order valence-electron chi connectivity index (χ4n) is 4.33. The quantitative estimate of drug-likeness (QED) is 0.512. The van der Waals surface area contributed by atoms with Gasteiger partial charge in [-0.15, -0.1) is 0 Å². The van der Waals surface area contributed by atoms with Gasteiger partial charge in [-0.25, -0.2) is 0 Å². The minimum absolute atomic E-state index is 0.0125. The van der Waals surface area contributed by atoms with Gasteiger partial charge in [-0.3, -0.25) is 9.78 Å². The lowest BCUT2D eigenvalue weighted by Crippen LogP contribution is -2.32. The first-order chi connectivity index (χ1) is 14.7. The largest absolute Gasteiger partial charge is 0.469 e. The molecular formula is C22H28N4O3S. The molecule has 0 aliphatic carbocycles. The molecule has 4 heterocycles. The highest BCUT2D eigenvalue weighted by Crippen LogP contribution is 2.39. The second-order valence-corrected chi connectivity index (χ2v) is 8.11. The van der Waals surface area contributed by atoms with Gasteiger partial charge in [0, 0.05) is 44.2 Å². The number of methoxy groups -OCH3 is 1. The van der Waals surface area contributed by atoms with E-state index >= 15 is 0 Å². The van der Waals surface area contributed by atoms with Gasteiger partial charge >= 0.3 is 5.97 Å². The number of pyridine rings is 1. The molecule has 2 aliphatic rings. The normalized spacial score (nSPS) is 23.6. The van der Waals surface area contributed by atoms with E-state index in [0.717, 1.165) is 31.7 Å². The predicted molar refractivity (Wildman–Crippen MR) is 117 cm³/mol. The molecule has 0 aromatic carbocycles. The van der Waals surface area contributed by atoms with E-state index in [4.69, 9.17) is 21.7 Å². The Balaban J connectivity index is 1.61. The molecule has 0 spiro atoms. The first-order valence-corrected chi connectivity index (χ1v) is 10.9. The fraction of sp³-hybridized carbons (Fsp3) is 0.500. The molecule has 0 bridgehead atoms. The van der Waals surface area contributed by atoms with Crippen molar-refractivity contribution in [3.63, 3.8) is 0 Å². The highest BCUT2D eigenvalue weighted by Gasteiger charge is 2.41. The number of rotatable bonds is 8. The Morgan fingerprint density at radius 3 is 3.00 bits per heavy atom. The maximum Gasteiger partial charge on any atom is 0.305 e. The average Bonchev–Trinajstić information content (AvgIpc) is 3.50. The topological polar surface area (TPSA) is 68.6 Å². The average molecular weight is 429 g/mol. The SMILES string of the molecule is COC(=O)CCCN1C(=S)N[C@H](c2ccccn2)[C@H]1c1cccn1C[C@H]1CCCO1. The van der Waals surface area contributed by atoms with Crippen LogP contribution in [0.3, 0.4) is 0 Å². The summed E-state index contributed by atoms with van der Waals surface area (Å²) >= 11 is 5.70. The molecule has 0 radical (unpaired) electrons. The van der Waals surface area contributed by atoms with Crippen LogP contribution in [0.15, 0.2) is 42.7 Å². The number of hydrogen-bond donors (Lipinski definition) is 1. The number of nitrogens with zero attached hydrogens (tertiary/aromatic N) is 3. The smallest absolute Gasteiger partial charge is 0.305 e. The van der Waals surface area contributed by atoms with Crippen LogP contribution in [0.1, 0.15) is 49.2 Å². The minimum Gasteiger partial charge on any atom is -0.469 e. The number of hydrogen-bond acceptors (Lipinski definition) is 5. The molecule has 7 nitrogen and oxygen atoms in total. The zero-order chi connectivity index (χ0) is 20.9. The number of ether oxygens (including phenoxy) is 2. The number of aromatic nitrogens is 2. The lowest BCUT2D eigenvalue weighted by Gasteiger charge is -2.29. The van der Waals surface area contributed by atoms with Crippen LogP contribution in [0.25, 0.3) is 0 Å². The van der Waals surface area contributed by atoms with E-state index in [2.05, 4.69) is 38.1 Å². The van der Waals surface area contributed by atoms with Crippen molar-refractivity contribution in [3.8, 4) is 0 Å². The Hall–Kier alpha value is -2.45. The van der Waals surface area contributed by atoms with E-state index in [-0.39, 0.29) is 24.2 Å². The molecule has 2 aromatic heterocycles. The predicted octanol–water partition coefficient (Wildman–Crippen LogP) is 2.99. The third-order valence-electron chi connectivity index (χ3n) is 5.80. The Morgan fingerprint density at radius 1 is 1.37 bits per heavy atom. The van der Waals surface area contributed by atoms with Gasteiger partial charge in [0.15, 0.2) is 5.11 Å². The van der Waals surface area contributed by atoms with E-state index in [9.17, 15) is 4.79 Å². The highest BCUT2D eigenvalue weighted by molar-refractivity contribution is 7.80. The fourth-order valence-corrected chi connectivity index (χ4v) is 4.67. The summed E-state index contributed by atoms with van der Waals surface area (Å²) in [6.45, 7) is 2.34. The van der Waals surface area contributed by atoms with Gasteiger partial charge in [0.1, 0.15) is 0 Å². The monoisotopic (exact) mass is 428 g/mol. The maximum absolute atomic E-state index is 11.6. The van der Waals surface area contributed by atoms with Crippen LogP contribution in [0, 0.1) is 0 Å². The molecular weight excluding hydrogens is 400 g/mol. The van der Waals surface area contributed by atoms with Gasteiger partial charge in [0.25, 0.3) is 0 Å². The van der Waals surface area contributed by atoms with Crippen molar-refractivity contribution < 1.29 is 14.3 Å². The lowest BCUT2D eigenvalue weighted by molar-refractivity contribution is -0.140. The van der Waals surface area contributed by atoms with Crippen LogP contribution in [0.4, 0.5) is 0 Å². The molecule has 2 saturated heterocycles. The van der Waals surface area contributed by atoms with Crippen molar-refractivity contribution >= 4 is 23.3 Å². The molecule has 30 heavy (non-hydrogen) atoms. The summed E-state index contributed by atoms with van der Waals surface area (Å²) in [5, 5.41) is 4.15. The maximum atomic E-state index is 11.6. The number of thiocarbonyl (C=S) groups is 1. The van der Waals surface area contributed by atoms with Crippen molar-refractivity contribution in [2.45, 2.75) is 50.4 Å². The summed E-state index contributed by atoms with van der Waals surface area (Å²) in [6.07, 6.45) is 7.42. The zero-order valence-electron chi connectivity index (χ0n) is 17.2. The lowest BCUT2D eigenvalue weighted by atomic mass is 10.0. The third kappa shape index (κ3) is 4.49. The standard InChI is InChI=1S/C22H28N4O3S/c1-28-19(27)10-5-13-26-21(20(24-22(26)30)17-8-2-3-11-23-17)18-9-4-12-25(18)15-16-7-6-14-29-16/h2-4,8-9,11-12,16,20-21H,5-7,10,13-15H2,1H3,(H,24,30)/t16-,20-,21-/m1/s1. The van der Waals surface area contributed by atoms with Gasteiger partial charge in [0.2, 0.25) is 0 Å². The van der Waals surface area contributed by atoms with Crippen molar-refractivity contribution in [2.24, 2.45) is 0 Å². The Morgan fingerprint density at radius 2 is 2.27 bits per heavy atom. The summed E-state index contributed by atoms with van der Waals surface area (Å²) < 4.78 is 12.9. The van der Waals surface area contributed by atoms with Crippen LogP contribution >= 0.6 is 12.2 Å². The van der Waals surface area contributed by atoms with Crippen LogP contribution < -0.4 is 5.32 Å². The second kappa shape index (κ2) is 9.57. The van der Waals surface area contributed by atoms with Crippen LogP contribution in [0.2, 0.25) is 0 Å². The molecule has 3 atom stereocenters. The Labute approximate surface area is 182 Å². The molecule has 2 fully saturated rings. The summed E-state index contributed by atoms with van der Waals surface area (Å²) in [4.78, 5) is 18.4. The molecule has 0 saturated carbocycles. The molecule has 8 heteroatoms. The van der Waals surface area contributed by atoms with Crippen LogP contribution in [0.5, 0.6) is 0 Å². The highest BCUT2D eigenvalue weighted by atomic mass is 32.1. The van der Waals surface area contributed by atoms with Gasteiger partial charge in [-0.2, -0.15) is 0 Å².